The van der Waals surface area contributed by atoms with Crippen LogP contribution in [0, 0.1) is 0 Å². The number of ether oxygens (including phenoxy) is 1. The molecule has 1 aromatic carbocycles. The van der Waals surface area contributed by atoms with Crippen molar-refractivity contribution in [2.75, 3.05) is 24.6 Å². The second kappa shape index (κ2) is 6.48. The number of benzene rings is 1. The Morgan fingerprint density at radius 3 is 2.39 bits per heavy atom. The van der Waals surface area contributed by atoms with E-state index < -0.39 is 0 Å². The number of nitrogens with two attached hydrogens (primary N) is 2. The number of nitrogens with one attached hydrogen (secondary N) is 1. The van der Waals surface area contributed by atoms with Crippen molar-refractivity contribution in [3.63, 3.8) is 0 Å². The van der Waals surface area contributed by atoms with Gasteiger partial charge in [-0.05, 0) is 25.1 Å². The number of amides is 1. The quantitative estimate of drug-likeness (QED) is 0.522. The molecule has 0 saturated carbocycles. The van der Waals surface area contributed by atoms with Gasteiger partial charge in [0.15, 0.2) is 0 Å². The van der Waals surface area contributed by atoms with Gasteiger partial charge in [-0.2, -0.15) is 0 Å². The molecular weight excluding hydrogens is 234 g/mol. The fourth-order valence-corrected chi connectivity index (χ4v) is 1.42. The number of carbonyl (C=O) groups excluding carboxylic acids is 2. The van der Waals surface area contributed by atoms with Crippen LogP contribution in [0.3, 0.4) is 0 Å². The maximum Gasteiger partial charge on any atom is 0.307 e. The molecule has 0 aromatic heterocycles. The molecule has 0 saturated heterocycles. The van der Waals surface area contributed by atoms with E-state index in [1.807, 2.05) is 0 Å². The lowest BCUT2D eigenvalue weighted by atomic mass is 10.1. The number of hydrogen-bond donors (Lipinski definition) is 3. The maximum atomic E-state index is 11.7. The van der Waals surface area contributed by atoms with E-state index >= 15 is 0 Å². The van der Waals surface area contributed by atoms with Crippen molar-refractivity contribution in [1.82, 2.24) is 5.32 Å². The number of hydrogen-bond acceptors (Lipinski definition) is 5. The van der Waals surface area contributed by atoms with Crippen LogP contribution in [-0.4, -0.2) is 25.0 Å². The predicted molar refractivity (Wildman–Crippen MR) is 68.9 cm³/mol. The first kappa shape index (κ1) is 13.8. The molecule has 0 unspecified atom stereocenters. The fourth-order valence-electron chi connectivity index (χ4n) is 1.42. The van der Waals surface area contributed by atoms with Crippen LogP contribution in [0.15, 0.2) is 18.2 Å². The number of nitrogen functional groups attached to an aromatic ring is 2. The predicted octanol–water partition coefficient (Wildman–Crippen LogP) is 0.534. The maximum absolute atomic E-state index is 11.7. The van der Waals surface area contributed by atoms with Gasteiger partial charge >= 0.3 is 5.97 Å². The highest BCUT2D eigenvalue weighted by Gasteiger charge is 2.08. The average Bonchev–Trinajstić information content (AvgIpc) is 2.27. The molecule has 6 nitrogen and oxygen atoms in total. The highest BCUT2D eigenvalue weighted by atomic mass is 16.5. The van der Waals surface area contributed by atoms with Crippen molar-refractivity contribution in [2.45, 2.75) is 13.3 Å². The van der Waals surface area contributed by atoms with E-state index in [1.54, 1.807) is 13.0 Å². The molecule has 0 heterocycles. The van der Waals surface area contributed by atoms with Gasteiger partial charge in [0.25, 0.3) is 5.91 Å². The molecular formula is C12H17N3O3. The summed E-state index contributed by atoms with van der Waals surface area (Å²) in [7, 11) is 0. The number of carbonyl (C=O) groups is 2. The van der Waals surface area contributed by atoms with Gasteiger partial charge in [-0.1, -0.05) is 0 Å². The zero-order chi connectivity index (χ0) is 13.5. The van der Waals surface area contributed by atoms with E-state index in [2.05, 4.69) is 5.32 Å². The molecule has 0 radical (unpaired) electrons. The van der Waals surface area contributed by atoms with Gasteiger partial charge in [0.2, 0.25) is 0 Å². The van der Waals surface area contributed by atoms with E-state index in [-0.39, 0.29) is 24.8 Å². The Morgan fingerprint density at radius 2 is 1.83 bits per heavy atom. The minimum Gasteiger partial charge on any atom is -0.466 e. The Labute approximate surface area is 105 Å². The minimum atomic E-state index is -0.343. The molecule has 18 heavy (non-hydrogen) atoms. The van der Waals surface area contributed by atoms with Crippen LogP contribution >= 0.6 is 0 Å². The van der Waals surface area contributed by atoms with Gasteiger partial charge in [-0.15, -0.1) is 0 Å². The molecule has 0 aliphatic heterocycles. The highest BCUT2D eigenvalue weighted by Crippen LogP contribution is 2.13. The van der Waals surface area contributed by atoms with Crippen LogP contribution in [-0.2, 0) is 9.53 Å². The number of rotatable bonds is 5. The number of anilines is 2. The van der Waals surface area contributed by atoms with Crippen molar-refractivity contribution < 1.29 is 14.3 Å². The molecule has 0 bridgehead atoms. The van der Waals surface area contributed by atoms with Crippen molar-refractivity contribution in [1.29, 1.82) is 0 Å². The normalized spacial score (nSPS) is 9.83. The summed E-state index contributed by atoms with van der Waals surface area (Å²) < 4.78 is 4.74. The summed E-state index contributed by atoms with van der Waals surface area (Å²) in [6.45, 7) is 2.27. The summed E-state index contributed by atoms with van der Waals surface area (Å²) in [4.78, 5) is 22.8. The first-order valence-corrected chi connectivity index (χ1v) is 5.62. The van der Waals surface area contributed by atoms with Gasteiger partial charge < -0.3 is 21.5 Å². The lowest BCUT2D eigenvalue weighted by molar-refractivity contribution is -0.142. The van der Waals surface area contributed by atoms with Crippen LogP contribution in [0.1, 0.15) is 23.7 Å². The smallest absolute Gasteiger partial charge is 0.307 e. The van der Waals surface area contributed by atoms with Gasteiger partial charge in [0.1, 0.15) is 0 Å². The molecule has 0 atom stereocenters. The Morgan fingerprint density at radius 1 is 1.22 bits per heavy atom. The third kappa shape index (κ3) is 4.32. The molecule has 0 aliphatic carbocycles. The summed E-state index contributed by atoms with van der Waals surface area (Å²) in [5, 5.41) is 2.59. The average molecular weight is 251 g/mol. The summed E-state index contributed by atoms with van der Waals surface area (Å²) in [5.74, 6) is -0.664. The lowest BCUT2D eigenvalue weighted by Crippen LogP contribution is -2.26. The first-order chi connectivity index (χ1) is 8.52. The molecule has 0 fully saturated rings. The standard InChI is InChI=1S/C12H17N3O3/c1-2-18-11(16)3-4-15-12(17)8-5-9(13)7-10(14)6-8/h5-7H,2-4,13-14H2,1H3,(H,15,17). The molecule has 0 aliphatic rings. The summed E-state index contributed by atoms with van der Waals surface area (Å²) in [6.07, 6.45) is 0.136. The van der Waals surface area contributed by atoms with Crippen LogP contribution in [0.5, 0.6) is 0 Å². The molecule has 1 aromatic rings. The summed E-state index contributed by atoms with van der Waals surface area (Å²) in [6, 6.07) is 4.61. The van der Waals surface area contributed by atoms with E-state index in [9.17, 15) is 9.59 Å². The first-order valence-electron chi connectivity index (χ1n) is 5.62. The summed E-state index contributed by atoms with van der Waals surface area (Å²) in [5.41, 5.74) is 12.4. The van der Waals surface area contributed by atoms with Crippen molar-refractivity contribution in [3.05, 3.63) is 23.8 Å². The van der Waals surface area contributed by atoms with E-state index in [0.29, 0.717) is 23.5 Å². The molecule has 98 valence electrons. The monoisotopic (exact) mass is 251 g/mol. The second-order valence-electron chi connectivity index (χ2n) is 3.70. The number of esters is 1. The topological polar surface area (TPSA) is 107 Å². The van der Waals surface area contributed by atoms with Gasteiger partial charge in [0, 0.05) is 23.5 Å². The zero-order valence-corrected chi connectivity index (χ0v) is 10.2. The van der Waals surface area contributed by atoms with Crippen molar-refractivity contribution in [3.8, 4) is 0 Å². The Balaban J connectivity index is 2.48. The van der Waals surface area contributed by atoms with Gasteiger partial charge in [-0.3, -0.25) is 9.59 Å². The third-order valence-electron chi connectivity index (χ3n) is 2.16. The SMILES string of the molecule is CCOC(=O)CCNC(=O)c1cc(N)cc(N)c1. The van der Waals surface area contributed by atoms with Crippen molar-refractivity contribution in [2.24, 2.45) is 0 Å². The molecule has 0 spiro atoms. The van der Waals surface area contributed by atoms with E-state index in [1.165, 1.54) is 12.1 Å². The molecule has 6 heteroatoms. The zero-order valence-electron chi connectivity index (χ0n) is 10.2. The minimum absolute atomic E-state index is 0.136. The van der Waals surface area contributed by atoms with Crippen LogP contribution < -0.4 is 16.8 Å². The molecule has 1 amide bonds. The third-order valence-corrected chi connectivity index (χ3v) is 2.16. The van der Waals surface area contributed by atoms with Gasteiger partial charge in [-0.25, -0.2) is 0 Å². The Hall–Kier alpha value is -2.24. The van der Waals surface area contributed by atoms with E-state index in [0.717, 1.165) is 0 Å². The highest BCUT2D eigenvalue weighted by molar-refractivity contribution is 5.96. The second-order valence-corrected chi connectivity index (χ2v) is 3.70. The lowest BCUT2D eigenvalue weighted by Gasteiger charge is -2.06. The fraction of sp³-hybridized carbons (Fsp3) is 0.333. The largest absolute Gasteiger partial charge is 0.466 e. The Kier molecular flexibility index (Phi) is 4.98. The van der Waals surface area contributed by atoms with Crippen LogP contribution in [0.2, 0.25) is 0 Å². The van der Waals surface area contributed by atoms with E-state index in [4.69, 9.17) is 16.2 Å². The molecule has 5 N–H and O–H groups in total. The van der Waals surface area contributed by atoms with Crippen molar-refractivity contribution >= 4 is 23.3 Å². The summed E-state index contributed by atoms with van der Waals surface area (Å²) >= 11 is 0. The van der Waals surface area contributed by atoms with Crippen LogP contribution in [0.25, 0.3) is 0 Å². The van der Waals surface area contributed by atoms with Crippen LogP contribution in [0.4, 0.5) is 11.4 Å². The molecule has 1 rings (SSSR count). The Bertz CT molecular complexity index is 426. The van der Waals surface area contributed by atoms with Gasteiger partial charge in [0.05, 0.1) is 13.0 Å².